The fourth-order valence-corrected chi connectivity index (χ4v) is 4.65. The van der Waals surface area contributed by atoms with E-state index in [1.807, 2.05) is 0 Å². The Labute approximate surface area is 247 Å². The molecule has 1 atom stereocenters. The number of rotatable bonds is 29. The zero-order valence-electron chi connectivity index (χ0n) is 26.1. The molecule has 1 N–H and O–H groups in total. The number of carboxylic acids is 1. The first-order chi connectivity index (χ1) is 19.6. The molecule has 0 saturated heterocycles. The molecule has 0 aliphatic heterocycles. The molecule has 0 aromatic carbocycles. The molecule has 0 saturated carbocycles. The summed E-state index contributed by atoms with van der Waals surface area (Å²) >= 11 is 0. The topological polar surface area (TPSA) is 63.6 Å². The highest BCUT2D eigenvalue weighted by Crippen LogP contribution is 2.17. The molecule has 230 valence electrons. The molecule has 0 rings (SSSR count). The van der Waals surface area contributed by atoms with Gasteiger partial charge in [0.25, 0.3) is 0 Å². The van der Waals surface area contributed by atoms with E-state index in [1.54, 1.807) is 0 Å². The van der Waals surface area contributed by atoms with Crippen LogP contribution in [0.1, 0.15) is 162 Å². The second-order valence-corrected chi connectivity index (χ2v) is 11.0. The van der Waals surface area contributed by atoms with Gasteiger partial charge in [-0.2, -0.15) is 0 Å². The number of unbranched alkanes of at least 4 members (excludes halogenated alkanes) is 12. The van der Waals surface area contributed by atoms with Crippen molar-refractivity contribution in [3.63, 3.8) is 0 Å². The van der Waals surface area contributed by atoms with Gasteiger partial charge in [0.2, 0.25) is 0 Å². The maximum Gasteiger partial charge on any atom is 0.306 e. The van der Waals surface area contributed by atoms with Crippen LogP contribution < -0.4 is 0 Å². The summed E-state index contributed by atoms with van der Waals surface area (Å²) in [5, 5.41) is 8.97. The first-order valence-electron chi connectivity index (χ1n) is 16.6. The van der Waals surface area contributed by atoms with Crippen LogP contribution in [0.3, 0.4) is 0 Å². The fourth-order valence-electron chi connectivity index (χ4n) is 4.65. The average molecular weight is 559 g/mol. The summed E-state index contributed by atoms with van der Waals surface area (Å²) in [5.41, 5.74) is 0. The minimum absolute atomic E-state index is 0.131. The fraction of sp³-hybridized carbons (Fsp3) is 0.722. The van der Waals surface area contributed by atoms with Gasteiger partial charge in [-0.15, -0.1) is 0 Å². The van der Waals surface area contributed by atoms with E-state index in [0.717, 1.165) is 64.2 Å². The van der Waals surface area contributed by atoms with Gasteiger partial charge < -0.3 is 9.84 Å². The van der Waals surface area contributed by atoms with Gasteiger partial charge in [0.1, 0.15) is 6.10 Å². The van der Waals surface area contributed by atoms with E-state index in [1.165, 1.54) is 57.8 Å². The number of ether oxygens (including phenoxy) is 1. The van der Waals surface area contributed by atoms with Gasteiger partial charge in [-0.25, -0.2) is 0 Å². The van der Waals surface area contributed by atoms with Gasteiger partial charge in [0.15, 0.2) is 0 Å². The van der Waals surface area contributed by atoms with Crippen molar-refractivity contribution >= 4 is 11.9 Å². The Hall–Kier alpha value is -2.10. The minimum atomic E-state index is -0.782. The van der Waals surface area contributed by atoms with Crippen molar-refractivity contribution < 1.29 is 19.4 Å². The third-order valence-electron chi connectivity index (χ3n) is 7.07. The van der Waals surface area contributed by atoms with Crippen molar-refractivity contribution in [1.82, 2.24) is 0 Å². The summed E-state index contributed by atoms with van der Waals surface area (Å²) in [7, 11) is 0. The minimum Gasteiger partial charge on any atom is -0.481 e. The van der Waals surface area contributed by atoms with E-state index in [-0.39, 0.29) is 18.5 Å². The number of esters is 1. The van der Waals surface area contributed by atoms with E-state index in [9.17, 15) is 9.59 Å². The molecule has 0 spiro atoms. The van der Waals surface area contributed by atoms with Gasteiger partial charge >= 0.3 is 11.9 Å². The van der Waals surface area contributed by atoms with Crippen molar-refractivity contribution in [2.24, 2.45) is 0 Å². The number of carbonyl (C=O) groups excluding carboxylic acids is 1. The Morgan fingerprint density at radius 1 is 0.575 bits per heavy atom. The predicted octanol–water partition coefficient (Wildman–Crippen LogP) is 11.2. The Balaban J connectivity index is 3.98. The van der Waals surface area contributed by atoms with Crippen LogP contribution in [0.2, 0.25) is 0 Å². The Kier molecular flexibility index (Phi) is 29.8. The largest absolute Gasteiger partial charge is 0.481 e. The number of hydrogen-bond acceptors (Lipinski definition) is 3. The summed E-state index contributed by atoms with van der Waals surface area (Å²) in [5.74, 6) is -0.913. The zero-order chi connectivity index (χ0) is 29.4. The molecule has 0 aliphatic carbocycles. The van der Waals surface area contributed by atoms with Crippen molar-refractivity contribution in [2.75, 3.05) is 0 Å². The molecule has 0 radical (unpaired) electrons. The van der Waals surface area contributed by atoms with Gasteiger partial charge in [0, 0.05) is 12.8 Å². The Bertz CT molecular complexity index is 689. The average Bonchev–Trinajstić information content (AvgIpc) is 2.93. The second kappa shape index (κ2) is 31.4. The third kappa shape index (κ3) is 30.4. The molecule has 0 aliphatic rings. The molecule has 0 heterocycles. The molecular weight excluding hydrogens is 496 g/mol. The summed E-state index contributed by atoms with van der Waals surface area (Å²) in [6.45, 7) is 4.41. The highest BCUT2D eigenvalue weighted by Gasteiger charge is 2.15. The normalized spacial score (nSPS) is 12.8. The van der Waals surface area contributed by atoms with Crippen molar-refractivity contribution in [1.29, 1.82) is 0 Å². The first-order valence-corrected chi connectivity index (χ1v) is 16.6. The van der Waals surface area contributed by atoms with E-state index in [4.69, 9.17) is 9.84 Å². The molecule has 0 aromatic rings. The van der Waals surface area contributed by atoms with Crippen molar-refractivity contribution in [3.05, 3.63) is 48.6 Å². The maximum atomic E-state index is 12.4. The first kappa shape index (κ1) is 37.9. The monoisotopic (exact) mass is 558 g/mol. The van der Waals surface area contributed by atoms with Crippen LogP contribution >= 0.6 is 0 Å². The van der Waals surface area contributed by atoms with E-state index < -0.39 is 5.97 Å². The molecule has 40 heavy (non-hydrogen) atoms. The van der Waals surface area contributed by atoms with E-state index in [2.05, 4.69) is 62.5 Å². The molecule has 0 fully saturated rings. The molecule has 0 amide bonds. The van der Waals surface area contributed by atoms with Gasteiger partial charge in [-0.3, -0.25) is 9.59 Å². The number of aliphatic carboxylic acids is 1. The Morgan fingerprint density at radius 3 is 1.62 bits per heavy atom. The van der Waals surface area contributed by atoms with Gasteiger partial charge in [-0.05, 0) is 70.6 Å². The van der Waals surface area contributed by atoms with Crippen molar-refractivity contribution in [2.45, 2.75) is 168 Å². The van der Waals surface area contributed by atoms with Crippen LogP contribution in [0, 0.1) is 0 Å². The quantitative estimate of drug-likeness (QED) is 0.0563. The van der Waals surface area contributed by atoms with E-state index >= 15 is 0 Å². The van der Waals surface area contributed by atoms with Gasteiger partial charge in [-0.1, -0.05) is 127 Å². The van der Waals surface area contributed by atoms with Crippen LogP contribution in [-0.4, -0.2) is 23.1 Å². The predicted molar refractivity (Wildman–Crippen MR) is 172 cm³/mol. The van der Waals surface area contributed by atoms with Crippen LogP contribution in [-0.2, 0) is 14.3 Å². The molecular formula is C36H62O4. The molecule has 0 bridgehead atoms. The second-order valence-electron chi connectivity index (χ2n) is 11.0. The molecule has 4 nitrogen and oxygen atoms in total. The van der Waals surface area contributed by atoms with Crippen LogP contribution in [0.4, 0.5) is 0 Å². The summed E-state index contributed by atoms with van der Waals surface area (Å²) in [6, 6.07) is 0. The summed E-state index contributed by atoms with van der Waals surface area (Å²) in [4.78, 5) is 23.3. The molecule has 0 aromatic heterocycles. The van der Waals surface area contributed by atoms with Crippen LogP contribution in [0.15, 0.2) is 48.6 Å². The highest BCUT2D eigenvalue weighted by molar-refractivity contribution is 5.69. The zero-order valence-corrected chi connectivity index (χ0v) is 26.1. The lowest BCUT2D eigenvalue weighted by Gasteiger charge is -2.18. The van der Waals surface area contributed by atoms with Gasteiger partial charge in [0.05, 0.1) is 0 Å². The highest BCUT2D eigenvalue weighted by atomic mass is 16.5. The number of carboxylic acid groups (broad SMARTS) is 1. The lowest BCUT2D eigenvalue weighted by atomic mass is 10.0. The number of carbonyl (C=O) groups is 2. The number of allylic oxidation sites excluding steroid dienone is 8. The van der Waals surface area contributed by atoms with Crippen LogP contribution in [0.25, 0.3) is 0 Å². The van der Waals surface area contributed by atoms with E-state index in [0.29, 0.717) is 19.3 Å². The lowest BCUT2D eigenvalue weighted by molar-refractivity contribution is -0.150. The van der Waals surface area contributed by atoms with Crippen molar-refractivity contribution in [3.8, 4) is 0 Å². The SMILES string of the molecule is CC/C=C\C/C=C\C/C=C\C/C=C\CCCCC(=O)OC(CCCCCCCCCCCCC)CCCC(=O)O. The lowest BCUT2D eigenvalue weighted by Crippen LogP contribution is -2.18. The standard InChI is InChI=1S/C36H62O4/c1-3-5-7-9-11-13-15-16-17-18-20-22-24-26-28-33-36(39)40-34(31-29-32-35(37)38)30-27-25-23-21-19-14-12-10-8-6-4-2/h5,7,11,13,16-17,20,22,34H,3-4,6,8-10,12,14-15,18-19,21,23-33H2,1-2H3,(H,37,38)/b7-5-,13-11-,17-16-,22-20-. The maximum absolute atomic E-state index is 12.4. The van der Waals surface area contributed by atoms with Crippen LogP contribution in [0.5, 0.6) is 0 Å². The summed E-state index contributed by atoms with van der Waals surface area (Å²) in [6.07, 6.45) is 41.1. The smallest absolute Gasteiger partial charge is 0.306 e. The third-order valence-corrected chi connectivity index (χ3v) is 7.07. The molecule has 1 unspecified atom stereocenters. The Morgan fingerprint density at radius 2 is 1.07 bits per heavy atom. The molecule has 4 heteroatoms. The summed E-state index contributed by atoms with van der Waals surface area (Å²) < 4.78 is 5.78. The number of hydrogen-bond donors (Lipinski definition) is 1.